The van der Waals surface area contributed by atoms with E-state index in [-0.39, 0.29) is 0 Å². The first-order valence-electron chi connectivity index (χ1n) is 21.5. The van der Waals surface area contributed by atoms with E-state index in [4.69, 9.17) is 0 Å². The normalized spacial score (nSPS) is 13.3. The van der Waals surface area contributed by atoms with Crippen molar-refractivity contribution in [3.8, 4) is 39.1 Å². The summed E-state index contributed by atoms with van der Waals surface area (Å²) in [6.07, 6.45) is 6.73. The molecule has 0 aliphatic heterocycles. The number of fused-ring (bicyclic) bond motifs is 4. The predicted octanol–water partition coefficient (Wildman–Crippen LogP) is 16.5. The Balaban J connectivity index is 0.982. The van der Waals surface area contributed by atoms with Gasteiger partial charge in [0.2, 0.25) is 0 Å². The minimum atomic E-state index is 0.711. The van der Waals surface area contributed by atoms with Crippen LogP contribution in [0.25, 0.3) is 71.6 Å². The zero-order chi connectivity index (χ0) is 39.8. The van der Waals surface area contributed by atoms with E-state index in [9.17, 15) is 0 Å². The average Bonchev–Trinajstić information content (AvgIpc) is 3.67. The summed E-state index contributed by atoms with van der Waals surface area (Å²) in [6.45, 7) is 0. The summed E-state index contributed by atoms with van der Waals surface area (Å²) in [5, 5.41) is 5.06. The molecule has 9 aromatic carbocycles. The van der Waals surface area contributed by atoms with E-state index in [0.29, 0.717) is 5.92 Å². The van der Waals surface area contributed by atoms with Crippen LogP contribution in [0.2, 0.25) is 0 Å². The second kappa shape index (κ2) is 15.5. The summed E-state index contributed by atoms with van der Waals surface area (Å²) >= 11 is 0. The second-order valence-electron chi connectivity index (χ2n) is 16.3. The maximum absolute atomic E-state index is 2.38. The largest absolute Gasteiger partial charge is 0.311 e. The van der Waals surface area contributed by atoms with E-state index < -0.39 is 0 Å². The molecule has 0 spiro atoms. The lowest BCUT2D eigenvalue weighted by atomic mass is 9.84. The van der Waals surface area contributed by atoms with Crippen molar-refractivity contribution in [1.82, 2.24) is 4.57 Å². The van der Waals surface area contributed by atoms with Gasteiger partial charge in [0.25, 0.3) is 0 Å². The van der Waals surface area contributed by atoms with Gasteiger partial charge < -0.3 is 9.47 Å². The van der Waals surface area contributed by atoms with Gasteiger partial charge in [-0.2, -0.15) is 0 Å². The lowest BCUT2D eigenvalue weighted by molar-refractivity contribution is 0.443. The number of nitrogens with zero attached hydrogens (tertiary/aromatic N) is 2. The van der Waals surface area contributed by atoms with Crippen molar-refractivity contribution in [3.63, 3.8) is 0 Å². The van der Waals surface area contributed by atoms with Gasteiger partial charge in [0.1, 0.15) is 0 Å². The molecule has 0 unspecified atom stereocenters. The molecule has 1 aromatic heterocycles. The van der Waals surface area contributed by atoms with Crippen LogP contribution in [0.5, 0.6) is 0 Å². The van der Waals surface area contributed by atoms with Crippen LogP contribution in [0.15, 0.2) is 212 Å². The van der Waals surface area contributed by atoms with Crippen LogP contribution in [0.1, 0.15) is 43.6 Å². The average molecular weight is 771 g/mol. The molecule has 2 heteroatoms. The fraction of sp³-hybridized carbons (Fsp3) is 0.103. The van der Waals surface area contributed by atoms with Crippen molar-refractivity contribution in [2.75, 3.05) is 4.90 Å². The first-order valence-corrected chi connectivity index (χ1v) is 21.5. The highest BCUT2D eigenvalue weighted by atomic mass is 15.1. The summed E-state index contributed by atoms with van der Waals surface area (Å²) in [6, 6.07) is 78.1. The van der Waals surface area contributed by atoms with Gasteiger partial charge in [-0.05, 0) is 129 Å². The van der Waals surface area contributed by atoms with E-state index in [0.717, 1.165) is 22.7 Å². The van der Waals surface area contributed by atoms with Gasteiger partial charge in [-0.3, -0.25) is 0 Å². The Morgan fingerprint density at radius 2 is 0.833 bits per heavy atom. The molecular weight excluding hydrogens is 725 g/mol. The van der Waals surface area contributed by atoms with Crippen molar-refractivity contribution in [1.29, 1.82) is 0 Å². The Kier molecular flexibility index (Phi) is 9.32. The first kappa shape index (κ1) is 36.0. The summed E-state index contributed by atoms with van der Waals surface area (Å²) in [5.41, 5.74) is 15.8. The molecule has 0 radical (unpaired) electrons. The molecule has 0 amide bonds. The van der Waals surface area contributed by atoms with Crippen molar-refractivity contribution >= 4 is 49.6 Å². The predicted molar refractivity (Wildman–Crippen MR) is 255 cm³/mol. The minimum absolute atomic E-state index is 0.711. The fourth-order valence-corrected chi connectivity index (χ4v) is 9.82. The Morgan fingerprint density at radius 3 is 1.40 bits per heavy atom. The number of hydrogen-bond acceptors (Lipinski definition) is 1. The van der Waals surface area contributed by atoms with Gasteiger partial charge >= 0.3 is 0 Å². The smallest absolute Gasteiger partial charge is 0.0541 e. The molecule has 0 atom stereocenters. The van der Waals surface area contributed by atoms with Crippen LogP contribution in [-0.2, 0) is 0 Å². The van der Waals surface area contributed by atoms with Crippen LogP contribution in [-0.4, -0.2) is 4.57 Å². The number of rotatable bonds is 8. The molecular formula is C58H46N2. The van der Waals surface area contributed by atoms with Crippen LogP contribution >= 0.6 is 0 Å². The molecule has 1 aliphatic rings. The molecule has 11 rings (SSSR count). The van der Waals surface area contributed by atoms with Gasteiger partial charge in [0.05, 0.1) is 11.0 Å². The number of anilines is 3. The SMILES string of the molecule is c1ccc(-c2cccc3cccc(-c4ccc(N(c5ccc(-c6ccc(C7CCCCC7)cc6)cc5)c5ccc(-n6c7ccccc7c7ccccc76)cc5)cc4)c23)cc1. The highest BCUT2D eigenvalue weighted by molar-refractivity contribution is 6.09. The van der Waals surface area contributed by atoms with E-state index in [1.54, 1.807) is 0 Å². The molecule has 0 saturated heterocycles. The zero-order valence-electron chi connectivity index (χ0n) is 33.7. The van der Waals surface area contributed by atoms with Crippen LogP contribution < -0.4 is 4.90 Å². The number of hydrogen-bond donors (Lipinski definition) is 0. The summed E-state index contributed by atoms with van der Waals surface area (Å²) in [4.78, 5) is 2.38. The van der Waals surface area contributed by atoms with E-state index in [1.807, 2.05) is 0 Å². The molecule has 1 aliphatic carbocycles. The molecule has 10 aromatic rings. The third-order valence-electron chi connectivity index (χ3n) is 12.8. The highest BCUT2D eigenvalue weighted by Crippen LogP contribution is 2.41. The summed E-state index contributed by atoms with van der Waals surface area (Å²) in [7, 11) is 0. The number of benzene rings is 9. The Hall–Kier alpha value is -7.16. The number of para-hydroxylation sites is 2. The molecule has 1 saturated carbocycles. The van der Waals surface area contributed by atoms with Gasteiger partial charge in [-0.25, -0.2) is 0 Å². The maximum Gasteiger partial charge on any atom is 0.0541 e. The van der Waals surface area contributed by atoms with E-state index >= 15 is 0 Å². The van der Waals surface area contributed by atoms with Gasteiger partial charge in [0.15, 0.2) is 0 Å². The molecule has 2 nitrogen and oxygen atoms in total. The number of aromatic nitrogens is 1. The second-order valence-corrected chi connectivity index (χ2v) is 16.3. The summed E-state index contributed by atoms with van der Waals surface area (Å²) in [5.74, 6) is 0.711. The highest BCUT2D eigenvalue weighted by Gasteiger charge is 2.18. The monoisotopic (exact) mass is 770 g/mol. The topological polar surface area (TPSA) is 8.17 Å². The fourth-order valence-electron chi connectivity index (χ4n) is 9.82. The van der Waals surface area contributed by atoms with Crippen molar-refractivity contribution in [3.05, 3.63) is 218 Å². The van der Waals surface area contributed by atoms with E-state index in [1.165, 1.54) is 104 Å². The van der Waals surface area contributed by atoms with Crippen molar-refractivity contribution in [2.24, 2.45) is 0 Å². The zero-order valence-corrected chi connectivity index (χ0v) is 33.7. The Bertz CT molecular complexity index is 3020. The van der Waals surface area contributed by atoms with Gasteiger partial charge in [-0.15, -0.1) is 0 Å². The lowest BCUT2D eigenvalue weighted by Gasteiger charge is -2.26. The Morgan fingerprint density at radius 1 is 0.367 bits per heavy atom. The van der Waals surface area contributed by atoms with Crippen LogP contribution in [0.4, 0.5) is 17.1 Å². The maximum atomic E-state index is 2.38. The summed E-state index contributed by atoms with van der Waals surface area (Å²) < 4.78 is 2.38. The third-order valence-corrected chi connectivity index (χ3v) is 12.8. The molecule has 0 bridgehead atoms. The molecule has 288 valence electrons. The van der Waals surface area contributed by atoms with Gasteiger partial charge in [0, 0.05) is 33.5 Å². The molecule has 0 N–H and O–H groups in total. The van der Waals surface area contributed by atoms with Crippen LogP contribution in [0.3, 0.4) is 0 Å². The molecule has 60 heavy (non-hydrogen) atoms. The van der Waals surface area contributed by atoms with E-state index in [2.05, 4.69) is 222 Å². The quantitative estimate of drug-likeness (QED) is 0.149. The first-order chi connectivity index (χ1) is 29.8. The Labute approximate surface area is 352 Å². The van der Waals surface area contributed by atoms with Crippen LogP contribution in [0, 0.1) is 0 Å². The lowest BCUT2D eigenvalue weighted by Crippen LogP contribution is -2.10. The van der Waals surface area contributed by atoms with Gasteiger partial charge in [-0.1, -0.05) is 171 Å². The minimum Gasteiger partial charge on any atom is -0.311 e. The third kappa shape index (κ3) is 6.55. The molecule has 1 fully saturated rings. The standard InChI is InChI=1S/C58H46N2/c1-3-13-41(14-4-1)42-25-27-43(28-26-42)44-29-33-48(34-30-44)59(50-37-39-51(40-38-50)60-56-23-9-7-19-54(56)55-20-8-10-24-57(55)60)49-35-31-46(32-36-49)53-22-12-18-47-17-11-21-52(58(47)53)45-15-5-2-6-16-45/h2,5-12,15-41H,1,3-4,13-14H2. The van der Waals surface area contributed by atoms with Crippen molar-refractivity contribution in [2.45, 2.75) is 38.0 Å². The molecule has 1 heterocycles. The van der Waals surface area contributed by atoms with Crippen molar-refractivity contribution < 1.29 is 0 Å².